The quantitative estimate of drug-likeness (QED) is 0.795. The maximum Gasteiger partial charge on any atom is 0.306 e. The van der Waals surface area contributed by atoms with Gasteiger partial charge in [0, 0.05) is 5.02 Å². The highest BCUT2D eigenvalue weighted by Crippen LogP contribution is 2.18. The predicted octanol–water partition coefficient (Wildman–Crippen LogP) is 4.41. The van der Waals surface area contributed by atoms with Crippen molar-refractivity contribution in [2.75, 3.05) is 0 Å². The Morgan fingerprint density at radius 3 is 2.33 bits per heavy atom. The van der Waals surface area contributed by atoms with E-state index < -0.39 is 5.97 Å². The first-order chi connectivity index (χ1) is 8.49. The zero-order valence-corrected chi connectivity index (χ0v) is 11.8. The third-order valence-electron chi connectivity index (χ3n) is 3.35. The average Bonchev–Trinajstić information content (AvgIpc) is 2.35. The molecular formula is C15H21ClO2. The normalized spacial score (nSPS) is 14.2. The lowest BCUT2D eigenvalue weighted by atomic mass is 9.93. The van der Waals surface area contributed by atoms with E-state index in [1.165, 1.54) is 5.56 Å². The Bertz CT molecular complexity index is 373. The molecule has 0 aliphatic heterocycles. The molecular weight excluding hydrogens is 248 g/mol. The predicted molar refractivity (Wildman–Crippen MR) is 75.0 cm³/mol. The highest BCUT2D eigenvalue weighted by molar-refractivity contribution is 6.30. The molecule has 1 aromatic carbocycles. The molecule has 0 radical (unpaired) electrons. The van der Waals surface area contributed by atoms with Gasteiger partial charge in [-0.1, -0.05) is 37.6 Å². The van der Waals surface area contributed by atoms with Crippen LogP contribution in [0, 0.1) is 11.8 Å². The average molecular weight is 269 g/mol. The van der Waals surface area contributed by atoms with Crippen LogP contribution in [-0.4, -0.2) is 11.1 Å². The third-order valence-corrected chi connectivity index (χ3v) is 3.61. The molecule has 0 amide bonds. The molecule has 1 aromatic rings. The molecule has 0 fully saturated rings. The van der Waals surface area contributed by atoms with Gasteiger partial charge in [0.15, 0.2) is 0 Å². The fraction of sp³-hybridized carbons (Fsp3) is 0.533. The van der Waals surface area contributed by atoms with E-state index >= 15 is 0 Å². The highest BCUT2D eigenvalue weighted by atomic mass is 35.5. The number of hydrogen-bond donors (Lipinski definition) is 1. The van der Waals surface area contributed by atoms with Crippen LogP contribution in [0.1, 0.15) is 38.7 Å². The lowest BCUT2D eigenvalue weighted by Gasteiger charge is -2.13. The van der Waals surface area contributed by atoms with E-state index in [0.717, 1.165) is 30.7 Å². The minimum atomic E-state index is -0.695. The molecule has 100 valence electrons. The smallest absolute Gasteiger partial charge is 0.306 e. The summed E-state index contributed by atoms with van der Waals surface area (Å²) in [5.74, 6) is -0.370. The molecule has 0 heterocycles. The van der Waals surface area contributed by atoms with E-state index in [1.54, 1.807) is 6.92 Å². The van der Waals surface area contributed by atoms with Crippen molar-refractivity contribution in [2.24, 2.45) is 11.8 Å². The van der Waals surface area contributed by atoms with Crippen LogP contribution in [0.3, 0.4) is 0 Å². The minimum absolute atomic E-state index is 0.233. The SMILES string of the molecule is CC(CCc1ccc(Cl)cc1)CCC(C)C(=O)O. The van der Waals surface area contributed by atoms with E-state index in [1.807, 2.05) is 12.1 Å². The third kappa shape index (κ3) is 5.54. The highest BCUT2D eigenvalue weighted by Gasteiger charge is 2.12. The molecule has 0 saturated carbocycles. The molecule has 0 saturated heterocycles. The van der Waals surface area contributed by atoms with Crippen LogP contribution < -0.4 is 0 Å². The minimum Gasteiger partial charge on any atom is -0.481 e. The fourth-order valence-electron chi connectivity index (χ4n) is 1.87. The van der Waals surface area contributed by atoms with Gasteiger partial charge < -0.3 is 5.11 Å². The van der Waals surface area contributed by atoms with Crippen molar-refractivity contribution in [3.8, 4) is 0 Å². The van der Waals surface area contributed by atoms with Crippen molar-refractivity contribution >= 4 is 17.6 Å². The Morgan fingerprint density at radius 1 is 1.17 bits per heavy atom. The van der Waals surface area contributed by atoms with Gasteiger partial charge >= 0.3 is 5.97 Å². The summed E-state index contributed by atoms with van der Waals surface area (Å²) < 4.78 is 0. The van der Waals surface area contributed by atoms with Crippen LogP contribution in [0.25, 0.3) is 0 Å². The Morgan fingerprint density at radius 2 is 1.78 bits per heavy atom. The second-order valence-electron chi connectivity index (χ2n) is 5.09. The number of benzene rings is 1. The maximum atomic E-state index is 10.7. The molecule has 2 unspecified atom stereocenters. The molecule has 18 heavy (non-hydrogen) atoms. The molecule has 0 aliphatic carbocycles. The van der Waals surface area contributed by atoms with Gasteiger partial charge in [0.2, 0.25) is 0 Å². The van der Waals surface area contributed by atoms with Gasteiger partial charge in [-0.05, 0) is 49.3 Å². The van der Waals surface area contributed by atoms with E-state index in [-0.39, 0.29) is 5.92 Å². The molecule has 3 heteroatoms. The number of aryl methyl sites for hydroxylation is 1. The van der Waals surface area contributed by atoms with E-state index in [0.29, 0.717) is 5.92 Å². The monoisotopic (exact) mass is 268 g/mol. The zero-order chi connectivity index (χ0) is 13.5. The zero-order valence-electron chi connectivity index (χ0n) is 11.0. The molecule has 0 aromatic heterocycles. The summed E-state index contributed by atoms with van der Waals surface area (Å²) in [6, 6.07) is 7.92. The van der Waals surface area contributed by atoms with E-state index in [9.17, 15) is 4.79 Å². The number of hydrogen-bond acceptors (Lipinski definition) is 1. The van der Waals surface area contributed by atoms with Crippen molar-refractivity contribution in [3.63, 3.8) is 0 Å². The number of halogens is 1. The van der Waals surface area contributed by atoms with Crippen LogP contribution >= 0.6 is 11.6 Å². The lowest BCUT2D eigenvalue weighted by molar-refractivity contribution is -0.141. The topological polar surface area (TPSA) is 37.3 Å². The first-order valence-electron chi connectivity index (χ1n) is 6.46. The van der Waals surface area contributed by atoms with Gasteiger partial charge in [-0.25, -0.2) is 0 Å². The van der Waals surface area contributed by atoms with Crippen molar-refractivity contribution in [1.29, 1.82) is 0 Å². The second-order valence-corrected chi connectivity index (χ2v) is 5.52. The maximum absolute atomic E-state index is 10.7. The summed E-state index contributed by atoms with van der Waals surface area (Å²) in [5.41, 5.74) is 1.29. The fourth-order valence-corrected chi connectivity index (χ4v) is 1.99. The van der Waals surface area contributed by atoms with Crippen LogP contribution in [-0.2, 0) is 11.2 Å². The van der Waals surface area contributed by atoms with Crippen LogP contribution in [0.4, 0.5) is 0 Å². The van der Waals surface area contributed by atoms with Gasteiger partial charge in [0.1, 0.15) is 0 Å². The number of carbonyl (C=O) groups is 1. The van der Waals surface area contributed by atoms with Crippen molar-refractivity contribution in [2.45, 2.75) is 39.5 Å². The van der Waals surface area contributed by atoms with Gasteiger partial charge in [-0.2, -0.15) is 0 Å². The second kappa shape index (κ2) is 7.42. The molecule has 1 rings (SSSR count). The first-order valence-corrected chi connectivity index (χ1v) is 6.84. The number of rotatable bonds is 7. The summed E-state index contributed by atoms with van der Waals surface area (Å²) >= 11 is 5.83. The van der Waals surface area contributed by atoms with E-state index in [4.69, 9.17) is 16.7 Å². The van der Waals surface area contributed by atoms with Gasteiger partial charge in [-0.15, -0.1) is 0 Å². The van der Waals surface area contributed by atoms with Crippen LogP contribution in [0.15, 0.2) is 24.3 Å². The van der Waals surface area contributed by atoms with Gasteiger partial charge in [0.05, 0.1) is 5.92 Å². The summed E-state index contributed by atoms with van der Waals surface area (Å²) in [7, 11) is 0. The summed E-state index contributed by atoms with van der Waals surface area (Å²) in [6.07, 6.45) is 3.85. The van der Waals surface area contributed by atoms with Crippen LogP contribution in [0.2, 0.25) is 5.02 Å². The molecule has 2 atom stereocenters. The molecule has 0 spiro atoms. The molecule has 0 aliphatic rings. The van der Waals surface area contributed by atoms with Crippen molar-refractivity contribution < 1.29 is 9.90 Å². The van der Waals surface area contributed by atoms with Gasteiger partial charge in [-0.3, -0.25) is 4.79 Å². The molecule has 1 N–H and O–H groups in total. The van der Waals surface area contributed by atoms with Gasteiger partial charge in [0.25, 0.3) is 0 Å². The number of aliphatic carboxylic acids is 1. The Balaban J connectivity index is 2.26. The Hall–Kier alpha value is -1.02. The standard InChI is InChI=1S/C15H21ClO2/c1-11(3-5-12(2)15(17)18)4-6-13-7-9-14(16)10-8-13/h7-12H,3-6H2,1-2H3,(H,17,18). The van der Waals surface area contributed by atoms with Crippen molar-refractivity contribution in [3.05, 3.63) is 34.9 Å². The first kappa shape index (κ1) is 15.0. The Labute approximate surface area is 114 Å². The lowest BCUT2D eigenvalue weighted by Crippen LogP contribution is -2.11. The number of carboxylic acids is 1. The summed E-state index contributed by atoms with van der Waals surface area (Å²) in [5, 5.41) is 9.58. The number of carboxylic acid groups (broad SMARTS) is 1. The van der Waals surface area contributed by atoms with E-state index in [2.05, 4.69) is 19.1 Å². The Kier molecular flexibility index (Phi) is 6.20. The molecule has 2 nitrogen and oxygen atoms in total. The molecule has 0 bridgehead atoms. The summed E-state index contributed by atoms with van der Waals surface area (Å²) in [6.45, 7) is 3.96. The van der Waals surface area contributed by atoms with Crippen molar-refractivity contribution in [1.82, 2.24) is 0 Å². The summed E-state index contributed by atoms with van der Waals surface area (Å²) in [4.78, 5) is 10.7. The van der Waals surface area contributed by atoms with Crippen LogP contribution in [0.5, 0.6) is 0 Å². The largest absolute Gasteiger partial charge is 0.481 e.